The number of benzene rings is 2. The lowest BCUT2D eigenvalue weighted by molar-refractivity contribution is -0.116. The standard InChI is InChI=1S/C25H26N6O2/c1-16-9-11-26-24(33)23(16)17-7-8-21-18(13-17)15-27-25(30-21)29-20-6-4-5-19(14-20)28-22(32)10-12-31(2)3/h4-9,11,13-15H,10,12H2,1-3H3,(H,26,33)(H,28,32)(H,27,29,30). The largest absolute Gasteiger partial charge is 0.329 e. The summed E-state index contributed by atoms with van der Waals surface area (Å²) in [6.07, 6.45) is 3.80. The third-order valence-corrected chi connectivity index (χ3v) is 5.23. The van der Waals surface area contributed by atoms with Crippen molar-refractivity contribution in [1.82, 2.24) is 19.9 Å². The SMILES string of the molecule is Cc1cc[nH]c(=O)c1-c1ccc2nc(Nc3cccc(NC(=O)CCN(C)C)c3)ncc2c1. The molecule has 168 valence electrons. The van der Waals surface area contributed by atoms with E-state index in [1.165, 1.54) is 0 Å². The molecule has 2 aromatic heterocycles. The Morgan fingerprint density at radius 2 is 1.91 bits per heavy atom. The summed E-state index contributed by atoms with van der Waals surface area (Å²) in [4.78, 5) is 38.1. The van der Waals surface area contributed by atoms with Crippen LogP contribution in [-0.4, -0.2) is 46.4 Å². The van der Waals surface area contributed by atoms with E-state index < -0.39 is 0 Å². The molecule has 0 saturated carbocycles. The van der Waals surface area contributed by atoms with Crippen molar-refractivity contribution in [3.8, 4) is 11.1 Å². The minimum absolute atomic E-state index is 0.0360. The van der Waals surface area contributed by atoms with Crippen molar-refractivity contribution in [2.75, 3.05) is 31.3 Å². The first-order chi connectivity index (χ1) is 15.9. The molecule has 2 aromatic carbocycles. The van der Waals surface area contributed by atoms with E-state index in [1.54, 1.807) is 12.4 Å². The molecule has 0 saturated heterocycles. The zero-order chi connectivity index (χ0) is 23.4. The van der Waals surface area contributed by atoms with Gasteiger partial charge in [0.05, 0.1) is 5.52 Å². The highest BCUT2D eigenvalue weighted by Gasteiger charge is 2.09. The normalized spacial score (nSPS) is 11.0. The Morgan fingerprint density at radius 3 is 2.70 bits per heavy atom. The molecule has 0 atom stereocenters. The molecule has 2 heterocycles. The fourth-order valence-corrected chi connectivity index (χ4v) is 3.54. The van der Waals surface area contributed by atoms with Crippen molar-refractivity contribution < 1.29 is 4.79 Å². The Bertz CT molecular complexity index is 1360. The van der Waals surface area contributed by atoms with Crippen molar-refractivity contribution >= 4 is 34.1 Å². The van der Waals surface area contributed by atoms with Gasteiger partial charge in [-0.1, -0.05) is 12.1 Å². The smallest absolute Gasteiger partial charge is 0.256 e. The van der Waals surface area contributed by atoms with Crippen LogP contribution in [0.15, 0.2) is 65.7 Å². The molecule has 1 amide bonds. The summed E-state index contributed by atoms with van der Waals surface area (Å²) in [6, 6.07) is 15.0. The zero-order valence-corrected chi connectivity index (χ0v) is 18.8. The van der Waals surface area contributed by atoms with Crippen LogP contribution in [0.2, 0.25) is 0 Å². The van der Waals surface area contributed by atoms with Crippen LogP contribution in [0.25, 0.3) is 22.0 Å². The lowest BCUT2D eigenvalue weighted by Gasteiger charge is -2.11. The van der Waals surface area contributed by atoms with Crippen LogP contribution < -0.4 is 16.2 Å². The van der Waals surface area contributed by atoms with Gasteiger partial charge in [0.25, 0.3) is 5.56 Å². The molecule has 4 rings (SSSR count). The molecule has 0 aliphatic carbocycles. The van der Waals surface area contributed by atoms with Gasteiger partial charge in [-0.2, -0.15) is 0 Å². The fraction of sp³-hybridized carbons (Fsp3) is 0.200. The van der Waals surface area contributed by atoms with Gasteiger partial charge in [-0.3, -0.25) is 9.59 Å². The van der Waals surface area contributed by atoms with Gasteiger partial charge in [0.15, 0.2) is 0 Å². The average Bonchev–Trinajstić information content (AvgIpc) is 2.78. The average molecular weight is 443 g/mol. The number of aromatic nitrogens is 3. The van der Waals surface area contributed by atoms with Crippen LogP contribution in [0, 0.1) is 6.92 Å². The number of aromatic amines is 1. The number of rotatable bonds is 7. The van der Waals surface area contributed by atoms with Crippen LogP contribution in [0.3, 0.4) is 0 Å². The van der Waals surface area contributed by atoms with E-state index in [0.717, 1.165) is 27.7 Å². The van der Waals surface area contributed by atoms with E-state index in [2.05, 4.69) is 25.6 Å². The Morgan fingerprint density at radius 1 is 1.09 bits per heavy atom. The summed E-state index contributed by atoms with van der Waals surface area (Å²) in [7, 11) is 3.87. The first-order valence-corrected chi connectivity index (χ1v) is 10.7. The van der Waals surface area contributed by atoms with Gasteiger partial charge in [-0.25, -0.2) is 9.97 Å². The number of hydrogen-bond donors (Lipinski definition) is 3. The molecule has 4 aromatic rings. The predicted molar refractivity (Wildman–Crippen MR) is 132 cm³/mol. The number of carbonyl (C=O) groups is 1. The lowest BCUT2D eigenvalue weighted by atomic mass is 10.0. The van der Waals surface area contributed by atoms with E-state index in [0.29, 0.717) is 30.2 Å². The third kappa shape index (κ3) is 5.42. The van der Waals surface area contributed by atoms with E-state index in [-0.39, 0.29) is 11.5 Å². The molecule has 8 nitrogen and oxygen atoms in total. The third-order valence-electron chi connectivity index (χ3n) is 5.23. The van der Waals surface area contributed by atoms with E-state index in [9.17, 15) is 9.59 Å². The summed E-state index contributed by atoms with van der Waals surface area (Å²) in [5.41, 5.74) is 4.48. The topological polar surface area (TPSA) is 103 Å². The number of anilines is 3. The molecule has 0 fully saturated rings. The maximum Gasteiger partial charge on any atom is 0.256 e. The number of fused-ring (bicyclic) bond motifs is 1. The van der Waals surface area contributed by atoms with Crippen LogP contribution in [0.5, 0.6) is 0 Å². The highest BCUT2D eigenvalue weighted by atomic mass is 16.1. The van der Waals surface area contributed by atoms with Gasteiger partial charge in [0, 0.05) is 47.7 Å². The maximum absolute atomic E-state index is 12.3. The van der Waals surface area contributed by atoms with Crippen molar-refractivity contribution in [2.45, 2.75) is 13.3 Å². The molecule has 3 N–H and O–H groups in total. The summed E-state index contributed by atoms with van der Waals surface area (Å²) >= 11 is 0. The minimum Gasteiger partial charge on any atom is -0.329 e. The van der Waals surface area contributed by atoms with E-state index in [1.807, 2.05) is 74.4 Å². The highest BCUT2D eigenvalue weighted by molar-refractivity contribution is 5.91. The second-order valence-corrected chi connectivity index (χ2v) is 8.14. The van der Waals surface area contributed by atoms with Gasteiger partial charge in [0.1, 0.15) is 0 Å². The summed E-state index contributed by atoms with van der Waals surface area (Å²) in [5, 5.41) is 6.93. The van der Waals surface area contributed by atoms with Crippen molar-refractivity contribution in [3.63, 3.8) is 0 Å². The molecule has 33 heavy (non-hydrogen) atoms. The second-order valence-electron chi connectivity index (χ2n) is 8.14. The number of H-pyrrole nitrogens is 1. The highest BCUT2D eigenvalue weighted by Crippen LogP contribution is 2.25. The molecule has 0 aliphatic heterocycles. The molecule has 0 unspecified atom stereocenters. The number of amides is 1. The Kier molecular flexibility index (Phi) is 6.46. The first-order valence-electron chi connectivity index (χ1n) is 10.7. The Balaban J connectivity index is 1.52. The predicted octanol–water partition coefficient (Wildman–Crippen LogP) is 3.93. The summed E-state index contributed by atoms with van der Waals surface area (Å²) in [6.45, 7) is 2.60. The van der Waals surface area contributed by atoms with Crippen LogP contribution in [-0.2, 0) is 4.79 Å². The number of pyridine rings is 1. The monoisotopic (exact) mass is 442 g/mol. The lowest BCUT2D eigenvalue weighted by Crippen LogP contribution is -2.20. The van der Waals surface area contributed by atoms with Crippen LogP contribution >= 0.6 is 0 Å². The molecular formula is C25H26N6O2. The number of carbonyl (C=O) groups excluding carboxylic acids is 1. The van der Waals surface area contributed by atoms with Crippen molar-refractivity contribution in [2.24, 2.45) is 0 Å². The molecule has 0 radical (unpaired) electrons. The van der Waals surface area contributed by atoms with Gasteiger partial charge in [0.2, 0.25) is 11.9 Å². The number of nitrogens with one attached hydrogen (secondary N) is 3. The van der Waals surface area contributed by atoms with Gasteiger partial charge >= 0.3 is 0 Å². The zero-order valence-electron chi connectivity index (χ0n) is 18.8. The summed E-state index contributed by atoms with van der Waals surface area (Å²) in [5.74, 6) is 0.408. The molecule has 0 bridgehead atoms. The maximum atomic E-state index is 12.3. The van der Waals surface area contributed by atoms with Crippen LogP contribution in [0.4, 0.5) is 17.3 Å². The Labute approximate surface area is 191 Å². The van der Waals surface area contributed by atoms with E-state index >= 15 is 0 Å². The number of hydrogen-bond acceptors (Lipinski definition) is 6. The van der Waals surface area contributed by atoms with Crippen molar-refractivity contribution in [1.29, 1.82) is 0 Å². The Hall–Kier alpha value is -4.04. The fourth-order valence-electron chi connectivity index (χ4n) is 3.54. The number of nitrogens with zero attached hydrogens (tertiary/aromatic N) is 3. The van der Waals surface area contributed by atoms with Crippen molar-refractivity contribution in [3.05, 3.63) is 76.8 Å². The quantitative estimate of drug-likeness (QED) is 0.401. The van der Waals surface area contributed by atoms with Gasteiger partial charge in [-0.15, -0.1) is 0 Å². The summed E-state index contributed by atoms with van der Waals surface area (Å²) < 4.78 is 0. The molecule has 0 spiro atoms. The first kappa shape index (κ1) is 22.2. The van der Waals surface area contributed by atoms with Crippen LogP contribution in [0.1, 0.15) is 12.0 Å². The van der Waals surface area contributed by atoms with Gasteiger partial charge in [-0.05, 0) is 68.5 Å². The molecular weight excluding hydrogens is 416 g/mol. The van der Waals surface area contributed by atoms with Gasteiger partial charge < -0.3 is 20.5 Å². The number of aryl methyl sites for hydroxylation is 1. The second kappa shape index (κ2) is 9.62. The minimum atomic E-state index is -0.123. The van der Waals surface area contributed by atoms with E-state index in [4.69, 9.17) is 0 Å². The molecule has 8 heteroatoms. The molecule has 0 aliphatic rings.